The first-order chi connectivity index (χ1) is 6.06. The van der Waals surface area contributed by atoms with Gasteiger partial charge in [0.25, 0.3) is 0 Å². The smallest absolute Gasteiger partial charge is 0.172 e. The molecule has 2 nitrogen and oxygen atoms in total. The zero-order valence-electron chi connectivity index (χ0n) is 9.00. The Bertz CT molecular complexity index is 230. The quantitative estimate of drug-likeness (QED) is 0.648. The van der Waals surface area contributed by atoms with Gasteiger partial charge in [-0.1, -0.05) is 26.8 Å². The van der Waals surface area contributed by atoms with Crippen LogP contribution in [0.3, 0.4) is 0 Å². The van der Waals surface area contributed by atoms with Crippen molar-refractivity contribution in [3.05, 3.63) is 11.6 Å². The molecule has 0 fully saturated rings. The van der Waals surface area contributed by atoms with Crippen LogP contribution in [0.25, 0.3) is 0 Å². The van der Waals surface area contributed by atoms with Crippen LogP contribution in [0.1, 0.15) is 27.2 Å². The number of hydrogen-bond acceptors (Lipinski definition) is 2. The highest BCUT2D eigenvalue weighted by atomic mass is 16.1. The van der Waals surface area contributed by atoms with E-state index >= 15 is 0 Å². The second-order valence-electron chi connectivity index (χ2n) is 4.09. The van der Waals surface area contributed by atoms with Gasteiger partial charge in [0.2, 0.25) is 0 Å². The Morgan fingerprint density at radius 2 is 2.23 bits per heavy atom. The van der Waals surface area contributed by atoms with Gasteiger partial charge in [-0.25, -0.2) is 0 Å². The highest BCUT2D eigenvalue weighted by Crippen LogP contribution is 2.20. The van der Waals surface area contributed by atoms with Crippen LogP contribution < -0.4 is 0 Å². The summed E-state index contributed by atoms with van der Waals surface area (Å²) in [5.74, 6) is 0.664. The fraction of sp³-hybridized carbons (Fsp3) is 0.727. The molecule has 1 aliphatic rings. The molecule has 1 aliphatic heterocycles. The fourth-order valence-electron chi connectivity index (χ4n) is 1.81. The molecule has 1 atom stereocenters. The predicted molar refractivity (Wildman–Crippen MR) is 54.6 cm³/mol. The van der Waals surface area contributed by atoms with Crippen LogP contribution in [0.15, 0.2) is 11.6 Å². The van der Waals surface area contributed by atoms with Gasteiger partial charge in [-0.2, -0.15) is 0 Å². The van der Waals surface area contributed by atoms with E-state index in [1.165, 1.54) is 0 Å². The third kappa shape index (κ3) is 2.19. The summed E-state index contributed by atoms with van der Waals surface area (Å²) in [4.78, 5) is 13.7. The van der Waals surface area contributed by atoms with E-state index in [2.05, 4.69) is 31.7 Å². The second-order valence-corrected chi connectivity index (χ2v) is 4.09. The third-order valence-corrected chi connectivity index (χ3v) is 2.69. The Labute approximate surface area is 80.6 Å². The Balaban J connectivity index is 2.87. The molecule has 0 amide bonds. The number of nitrogens with zero attached hydrogens (tertiary/aromatic N) is 1. The minimum Gasteiger partial charge on any atom is -0.293 e. The van der Waals surface area contributed by atoms with E-state index in [-0.39, 0.29) is 0 Å². The SMILES string of the molecule is CC[C@@H]1C=C(C(C)C)C(=O)CN1C. The van der Waals surface area contributed by atoms with E-state index in [4.69, 9.17) is 0 Å². The number of hydrogen-bond donors (Lipinski definition) is 0. The van der Waals surface area contributed by atoms with Crippen LogP contribution in [0.2, 0.25) is 0 Å². The van der Waals surface area contributed by atoms with Crippen LogP contribution in [-0.2, 0) is 4.79 Å². The molecule has 0 bridgehead atoms. The van der Waals surface area contributed by atoms with Gasteiger partial charge in [-0.05, 0) is 25.0 Å². The summed E-state index contributed by atoms with van der Waals surface area (Å²) in [6, 6.07) is 0.454. The molecule has 2 heteroatoms. The minimum absolute atomic E-state index is 0.294. The largest absolute Gasteiger partial charge is 0.293 e. The molecule has 0 aromatic heterocycles. The van der Waals surface area contributed by atoms with E-state index < -0.39 is 0 Å². The summed E-state index contributed by atoms with van der Waals surface area (Å²) in [5.41, 5.74) is 1.02. The lowest BCUT2D eigenvalue weighted by molar-refractivity contribution is -0.117. The summed E-state index contributed by atoms with van der Waals surface area (Å²) < 4.78 is 0. The molecule has 0 saturated carbocycles. The molecule has 0 N–H and O–H groups in total. The summed E-state index contributed by atoms with van der Waals surface area (Å²) in [6.45, 7) is 6.91. The fourth-order valence-corrected chi connectivity index (χ4v) is 1.81. The van der Waals surface area contributed by atoms with Crippen molar-refractivity contribution < 1.29 is 4.79 Å². The van der Waals surface area contributed by atoms with Crippen LogP contribution in [0.5, 0.6) is 0 Å². The maximum atomic E-state index is 11.6. The number of Topliss-reactive ketones (excluding diaryl/α,β-unsaturated/α-hetero) is 1. The first kappa shape index (κ1) is 10.5. The molecule has 0 unspecified atom stereocenters. The van der Waals surface area contributed by atoms with Crippen molar-refractivity contribution in [2.45, 2.75) is 33.2 Å². The number of carbonyl (C=O) groups is 1. The summed E-state index contributed by atoms with van der Waals surface area (Å²) in [6.07, 6.45) is 3.22. The van der Waals surface area contributed by atoms with Gasteiger partial charge in [0.15, 0.2) is 5.78 Å². The van der Waals surface area contributed by atoms with Gasteiger partial charge in [0.1, 0.15) is 0 Å². The second kappa shape index (κ2) is 4.05. The molecule has 0 aromatic carbocycles. The molecule has 0 saturated heterocycles. The van der Waals surface area contributed by atoms with Gasteiger partial charge < -0.3 is 0 Å². The minimum atomic E-state index is 0.294. The summed E-state index contributed by atoms with van der Waals surface area (Å²) in [5, 5.41) is 0. The lowest BCUT2D eigenvalue weighted by Gasteiger charge is -2.30. The Morgan fingerprint density at radius 3 is 2.69 bits per heavy atom. The molecule has 13 heavy (non-hydrogen) atoms. The molecule has 0 spiro atoms. The van der Waals surface area contributed by atoms with Crippen LogP contribution in [0.4, 0.5) is 0 Å². The van der Waals surface area contributed by atoms with Crippen molar-refractivity contribution in [3.8, 4) is 0 Å². The van der Waals surface area contributed by atoms with Crippen LogP contribution >= 0.6 is 0 Å². The average Bonchev–Trinajstić information content (AvgIpc) is 2.03. The molecule has 0 aromatic rings. The van der Waals surface area contributed by atoms with Gasteiger partial charge in [0, 0.05) is 6.04 Å². The third-order valence-electron chi connectivity index (χ3n) is 2.69. The van der Waals surface area contributed by atoms with Gasteiger partial charge in [-0.3, -0.25) is 9.69 Å². The van der Waals surface area contributed by atoms with Gasteiger partial charge in [-0.15, -0.1) is 0 Å². The van der Waals surface area contributed by atoms with Crippen molar-refractivity contribution in [2.24, 2.45) is 5.92 Å². The highest BCUT2D eigenvalue weighted by molar-refractivity contribution is 5.98. The normalized spacial score (nSPS) is 25.2. The first-order valence-electron chi connectivity index (χ1n) is 5.01. The van der Waals surface area contributed by atoms with E-state index in [9.17, 15) is 4.79 Å². The molecule has 1 heterocycles. The Morgan fingerprint density at radius 1 is 1.62 bits per heavy atom. The number of carbonyl (C=O) groups excluding carboxylic acids is 1. The van der Waals surface area contributed by atoms with Crippen molar-refractivity contribution in [1.29, 1.82) is 0 Å². The molecular formula is C11H19NO. The molecule has 74 valence electrons. The topological polar surface area (TPSA) is 20.3 Å². The zero-order chi connectivity index (χ0) is 10.0. The van der Waals surface area contributed by atoms with Crippen molar-refractivity contribution in [2.75, 3.05) is 13.6 Å². The molecule has 0 radical (unpaired) electrons. The van der Waals surface area contributed by atoms with Crippen LogP contribution in [-0.4, -0.2) is 30.3 Å². The maximum Gasteiger partial charge on any atom is 0.172 e. The zero-order valence-corrected chi connectivity index (χ0v) is 9.00. The number of likely N-dealkylation sites (N-methyl/N-ethyl adjacent to an activating group) is 1. The monoisotopic (exact) mass is 181 g/mol. The highest BCUT2D eigenvalue weighted by Gasteiger charge is 2.24. The molecule has 1 rings (SSSR count). The van der Waals surface area contributed by atoms with E-state index in [1.807, 2.05) is 7.05 Å². The van der Waals surface area contributed by atoms with E-state index in [0.717, 1.165) is 12.0 Å². The van der Waals surface area contributed by atoms with E-state index in [0.29, 0.717) is 24.3 Å². The molecular weight excluding hydrogens is 162 g/mol. The molecule has 0 aliphatic carbocycles. The van der Waals surface area contributed by atoms with Crippen molar-refractivity contribution >= 4 is 5.78 Å². The van der Waals surface area contributed by atoms with Crippen LogP contribution in [0, 0.1) is 5.92 Å². The van der Waals surface area contributed by atoms with Crippen molar-refractivity contribution in [3.63, 3.8) is 0 Å². The summed E-state index contributed by atoms with van der Waals surface area (Å²) in [7, 11) is 2.01. The van der Waals surface area contributed by atoms with Crippen molar-refractivity contribution in [1.82, 2.24) is 4.90 Å². The lowest BCUT2D eigenvalue weighted by atomic mass is 9.92. The Hall–Kier alpha value is -0.630. The van der Waals surface area contributed by atoms with E-state index in [1.54, 1.807) is 0 Å². The van der Waals surface area contributed by atoms with Gasteiger partial charge in [0.05, 0.1) is 6.54 Å². The lowest BCUT2D eigenvalue weighted by Crippen LogP contribution is -2.40. The first-order valence-corrected chi connectivity index (χ1v) is 5.01. The standard InChI is InChI=1S/C11H19NO/c1-5-9-6-10(8(2)3)11(13)7-12(9)4/h6,8-9H,5,7H2,1-4H3/t9-/m1/s1. The predicted octanol–water partition coefficient (Wildman–Crippen LogP) is 1.86. The Kier molecular flexibility index (Phi) is 3.26. The number of ketones is 1. The number of rotatable bonds is 2. The summed E-state index contributed by atoms with van der Waals surface area (Å²) >= 11 is 0. The maximum absolute atomic E-state index is 11.6. The average molecular weight is 181 g/mol. The van der Waals surface area contributed by atoms with Gasteiger partial charge >= 0.3 is 0 Å².